The highest BCUT2D eigenvalue weighted by Gasteiger charge is 2.52. The van der Waals surface area contributed by atoms with E-state index in [-0.39, 0.29) is 19.4 Å². The van der Waals surface area contributed by atoms with E-state index < -0.39 is 34.9 Å². The highest BCUT2D eigenvalue weighted by Crippen LogP contribution is 2.36. The summed E-state index contributed by atoms with van der Waals surface area (Å²) in [4.78, 5) is 12.3. The van der Waals surface area contributed by atoms with Crippen LogP contribution in [0.5, 0.6) is 5.75 Å². The molecule has 0 bridgehead atoms. The molecule has 0 heterocycles. The summed E-state index contributed by atoms with van der Waals surface area (Å²) in [5.74, 6) is -0.991. The molecule has 0 spiro atoms. The maximum absolute atomic E-state index is 12.9. The van der Waals surface area contributed by atoms with Crippen molar-refractivity contribution in [3.8, 4) is 5.75 Å². The molecule has 0 amide bonds. The lowest BCUT2D eigenvalue weighted by molar-refractivity contribution is -0.161. The molecule has 1 N–H and O–H groups in total. The zero-order chi connectivity index (χ0) is 21.2. The van der Waals surface area contributed by atoms with E-state index in [1.807, 2.05) is 0 Å². The molecule has 7 heteroatoms. The van der Waals surface area contributed by atoms with Crippen molar-refractivity contribution >= 4 is 5.78 Å². The van der Waals surface area contributed by atoms with Crippen molar-refractivity contribution in [1.82, 2.24) is 0 Å². The summed E-state index contributed by atoms with van der Waals surface area (Å²) in [6.07, 6.45) is -2.29. The summed E-state index contributed by atoms with van der Waals surface area (Å²) in [5.41, 5.74) is -1.10. The van der Waals surface area contributed by atoms with Gasteiger partial charge in [-0.1, -0.05) is 29.8 Å². The number of hydrogen-bond acceptors (Lipinski definition) is 3. The van der Waals surface area contributed by atoms with Gasteiger partial charge in [0.25, 0.3) is 0 Å². The second kappa shape index (κ2) is 7.99. The molecule has 154 valence electrons. The van der Waals surface area contributed by atoms with Gasteiger partial charge >= 0.3 is 6.18 Å². The second-order valence-corrected chi connectivity index (χ2v) is 7.34. The maximum atomic E-state index is 12.9. The predicted octanol–water partition coefficient (Wildman–Crippen LogP) is 4.73. The zero-order valence-electron chi connectivity index (χ0n) is 15.7. The number of Topliss-reactive ketones (excluding diaryl/α,β-unsaturated/α-hetero) is 1. The van der Waals surface area contributed by atoms with Crippen molar-refractivity contribution in [1.29, 1.82) is 0 Å². The topological polar surface area (TPSA) is 46.5 Å². The molecule has 1 fully saturated rings. The first-order valence-electron chi connectivity index (χ1n) is 9.05. The lowest BCUT2D eigenvalue weighted by Crippen LogP contribution is -2.58. The minimum absolute atomic E-state index is 0.160. The molecule has 1 unspecified atom stereocenters. The second-order valence-electron chi connectivity index (χ2n) is 7.34. The van der Waals surface area contributed by atoms with Crippen molar-refractivity contribution in [2.24, 2.45) is 5.92 Å². The van der Waals surface area contributed by atoms with Gasteiger partial charge in [-0.15, -0.1) is 0 Å². The van der Waals surface area contributed by atoms with Crippen LogP contribution in [0.4, 0.5) is 17.6 Å². The van der Waals surface area contributed by atoms with E-state index in [1.54, 1.807) is 19.1 Å². The number of carbonyl (C=O) groups excluding carboxylic acids is 1. The third-order valence-electron chi connectivity index (χ3n) is 4.87. The van der Waals surface area contributed by atoms with Crippen LogP contribution in [0.3, 0.4) is 0 Å². The quantitative estimate of drug-likeness (QED) is 0.555. The highest BCUT2D eigenvalue weighted by molar-refractivity contribution is 5.97. The Morgan fingerprint density at radius 2 is 1.93 bits per heavy atom. The average molecular weight is 408 g/mol. The fraction of sp³-hybridized carbons (Fsp3) is 0.318. The van der Waals surface area contributed by atoms with Crippen molar-refractivity contribution in [3.63, 3.8) is 0 Å². The molecular formula is C22H20F4O3. The fourth-order valence-corrected chi connectivity index (χ4v) is 3.35. The number of allylic oxidation sites excluding steroid dienone is 2. The van der Waals surface area contributed by atoms with Gasteiger partial charge in [-0.25, -0.2) is 4.39 Å². The van der Waals surface area contributed by atoms with Crippen LogP contribution in [0.25, 0.3) is 0 Å². The number of rotatable bonds is 6. The molecule has 2 aromatic carbocycles. The molecule has 0 radical (unpaired) electrons. The van der Waals surface area contributed by atoms with Crippen molar-refractivity contribution in [3.05, 3.63) is 77.1 Å². The van der Waals surface area contributed by atoms with Crippen LogP contribution in [0, 0.1) is 11.7 Å². The van der Waals surface area contributed by atoms with Crippen LogP contribution in [-0.2, 0) is 17.4 Å². The maximum Gasteiger partial charge on any atom is 0.416 e. The van der Waals surface area contributed by atoms with Crippen LogP contribution in [0.1, 0.15) is 24.5 Å². The molecule has 1 aliphatic carbocycles. The first-order chi connectivity index (χ1) is 13.6. The third-order valence-corrected chi connectivity index (χ3v) is 4.87. The molecule has 1 saturated carbocycles. The van der Waals surface area contributed by atoms with Crippen molar-refractivity contribution in [2.75, 3.05) is 6.61 Å². The van der Waals surface area contributed by atoms with Crippen molar-refractivity contribution < 1.29 is 32.2 Å². The van der Waals surface area contributed by atoms with E-state index in [9.17, 15) is 27.5 Å². The van der Waals surface area contributed by atoms with E-state index >= 15 is 0 Å². The van der Waals surface area contributed by atoms with Crippen LogP contribution < -0.4 is 4.74 Å². The Kier molecular flexibility index (Phi) is 5.80. The van der Waals surface area contributed by atoms with Crippen molar-refractivity contribution in [2.45, 2.75) is 31.5 Å². The van der Waals surface area contributed by atoms with Crippen LogP contribution in [-0.4, -0.2) is 23.1 Å². The van der Waals surface area contributed by atoms with Crippen LogP contribution in [0.2, 0.25) is 0 Å². The number of hydrogen-bond donors (Lipinski definition) is 1. The van der Waals surface area contributed by atoms with Gasteiger partial charge in [-0.05, 0) is 55.7 Å². The van der Waals surface area contributed by atoms with Gasteiger partial charge in [0.15, 0.2) is 11.4 Å². The van der Waals surface area contributed by atoms with Gasteiger partial charge < -0.3 is 9.84 Å². The van der Waals surface area contributed by atoms with Gasteiger partial charge in [0.2, 0.25) is 0 Å². The minimum Gasteiger partial charge on any atom is -0.490 e. The van der Waals surface area contributed by atoms with Gasteiger partial charge in [0.1, 0.15) is 18.2 Å². The summed E-state index contributed by atoms with van der Waals surface area (Å²) in [7, 11) is 0. The Bertz CT molecular complexity index is 918. The van der Waals surface area contributed by atoms with E-state index in [1.165, 1.54) is 30.3 Å². The number of halogens is 4. The first kappa shape index (κ1) is 21.0. The Labute approximate surface area is 165 Å². The van der Waals surface area contributed by atoms with Crippen LogP contribution in [0.15, 0.2) is 60.2 Å². The monoisotopic (exact) mass is 408 g/mol. The molecule has 1 aliphatic rings. The molecule has 3 rings (SSSR count). The molecular weight excluding hydrogens is 388 g/mol. The Balaban J connectivity index is 1.58. The lowest BCUT2D eigenvalue weighted by atomic mass is 9.69. The summed E-state index contributed by atoms with van der Waals surface area (Å²) in [6, 6.07) is 10.3. The zero-order valence-corrected chi connectivity index (χ0v) is 15.7. The number of ketones is 1. The molecule has 0 aliphatic heterocycles. The minimum atomic E-state index is -4.40. The third kappa shape index (κ3) is 5.03. The number of alkyl halides is 3. The first-order valence-corrected chi connectivity index (χ1v) is 9.05. The largest absolute Gasteiger partial charge is 0.490 e. The standard InChI is InChI=1S/C22H20F4O3/c1-14(9-15-3-2-4-17(11-15)22(24,25)26)10-16-12-21(28,20(16)27)13-29-19-7-5-18(23)6-8-19/h2-8,10-11,16,28H,9,12-13H2,1H3/b14-10+/t16?,21-/m0/s1. The van der Waals surface area contributed by atoms with Gasteiger partial charge in [-0.2, -0.15) is 13.2 Å². The van der Waals surface area contributed by atoms with Gasteiger partial charge in [-0.3, -0.25) is 4.79 Å². The number of aliphatic hydroxyl groups is 1. The fourth-order valence-electron chi connectivity index (χ4n) is 3.35. The number of carbonyl (C=O) groups is 1. The summed E-state index contributed by atoms with van der Waals surface area (Å²) >= 11 is 0. The van der Waals surface area contributed by atoms with Crippen LogP contribution >= 0.6 is 0 Å². The Morgan fingerprint density at radius 3 is 2.55 bits per heavy atom. The predicted molar refractivity (Wildman–Crippen MR) is 98.9 cm³/mol. The normalized spacial score (nSPS) is 22.3. The van der Waals surface area contributed by atoms with Gasteiger partial charge in [0, 0.05) is 5.92 Å². The average Bonchev–Trinajstić information content (AvgIpc) is 2.66. The van der Waals surface area contributed by atoms with E-state index in [0.29, 0.717) is 11.3 Å². The summed E-state index contributed by atoms with van der Waals surface area (Å²) < 4.78 is 56.7. The summed E-state index contributed by atoms with van der Waals surface area (Å²) in [5, 5.41) is 10.4. The Morgan fingerprint density at radius 1 is 1.24 bits per heavy atom. The van der Waals surface area contributed by atoms with Gasteiger partial charge in [0.05, 0.1) is 5.56 Å². The molecule has 2 aromatic rings. The molecule has 29 heavy (non-hydrogen) atoms. The van der Waals surface area contributed by atoms with E-state index in [2.05, 4.69) is 0 Å². The number of ether oxygens (including phenoxy) is 1. The number of benzene rings is 2. The lowest BCUT2D eigenvalue weighted by Gasteiger charge is -2.40. The molecule has 0 saturated heterocycles. The Hall–Kier alpha value is -2.67. The molecule has 0 aromatic heterocycles. The molecule has 3 nitrogen and oxygen atoms in total. The smallest absolute Gasteiger partial charge is 0.416 e. The summed E-state index contributed by atoms with van der Waals surface area (Å²) in [6.45, 7) is 1.49. The SMILES string of the molecule is C/C(=C\C1C[C@](O)(COc2ccc(F)cc2)C1=O)Cc1cccc(C(F)(F)F)c1. The molecule has 2 atom stereocenters. The van der Waals surface area contributed by atoms with E-state index in [4.69, 9.17) is 4.74 Å². The van der Waals surface area contributed by atoms with E-state index in [0.717, 1.165) is 17.7 Å². The highest BCUT2D eigenvalue weighted by atomic mass is 19.4.